The van der Waals surface area contributed by atoms with Crippen molar-refractivity contribution >= 4 is 12.0 Å². The number of hydrogen-bond acceptors (Lipinski definition) is 3. The smallest absolute Gasteiger partial charge is 0.236 e. The molecule has 0 aromatic heterocycles. The largest absolute Gasteiger partial charge is 0.342 e. The summed E-state index contributed by atoms with van der Waals surface area (Å²) in [6.07, 6.45) is 6.72. The van der Waals surface area contributed by atoms with Gasteiger partial charge in [0, 0.05) is 39.3 Å². The van der Waals surface area contributed by atoms with Gasteiger partial charge < -0.3 is 10.2 Å². The van der Waals surface area contributed by atoms with Crippen LogP contribution in [0.3, 0.4) is 0 Å². The van der Waals surface area contributed by atoms with Gasteiger partial charge in [-0.3, -0.25) is 9.69 Å². The van der Waals surface area contributed by atoms with Gasteiger partial charge in [-0.1, -0.05) is 42.0 Å². The van der Waals surface area contributed by atoms with E-state index in [2.05, 4.69) is 58.5 Å². The van der Waals surface area contributed by atoms with Crippen LogP contribution in [0, 0.1) is 12.8 Å². The first-order valence-corrected chi connectivity index (χ1v) is 9.16. The quantitative estimate of drug-likeness (QED) is 0.920. The number of nitrogens with zero attached hydrogens (tertiary/aromatic N) is 2. The summed E-state index contributed by atoms with van der Waals surface area (Å²) in [4.78, 5) is 16.8. The molecule has 1 aromatic carbocycles. The summed E-state index contributed by atoms with van der Waals surface area (Å²) < 4.78 is 0. The Labute approximate surface area is 145 Å². The maximum absolute atomic E-state index is 12.4. The van der Waals surface area contributed by atoms with Gasteiger partial charge in [-0.25, -0.2) is 0 Å². The lowest BCUT2D eigenvalue weighted by Gasteiger charge is -2.33. The lowest BCUT2D eigenvalue weighted by Crippen LogP contribution is -2.49. The van der Waals surface area contributed by atoms with Crippen LogP contribution in [-0.4, -0.2) is 61.5 Å². The van der Waals surface area contributed by atoms with Gasteiger partial charge in [-0.15, -0.1) is 0 Å². The number of piperidine rings is 1. The van der Waals surface area contributed by atoms with Crippen molar-refractivity contribution in [3.63, 3.8) is 0 Å². The number of nitrogens with one attached hydrogen (secondary N) is 1. The molecule has 2 saturated heterocycles. The van der Waals surface area contributed by atoms with E-state index in [0.29, 0.717) is 18.4 Å². The molecule has 0 atom stereocenters. The fourth-order valence-corrected chi connectivity index (χ4v) is 3.52. The fraction of sp³-hybridized carbons (Fsp3) is 0.550. The summed E-state index contributed by atoms with van der Waals surface area (Å²) in [5.41, 5.74) is 2.57. The van der Waals surface area contributed by atoms with E-state index in [1.54, 1.807) is 0 Å². The molecule has 2 aliphatic heterocycles. The zero-order chi connectivity index (χ0) is 16.8. The van der Waals surface area contributed by atoms with Gasteiger partial charge in [-0.05, 0) is 31.2 Å². The van der Waals surface area contributed by atoms with Crippen LogP contribution in [0.4, 0.5) is 0 Å². The van der Waals surface area contributed by atoms with E-state index < -0.39 is 0 Å². The molecule has 1 N–H and O–H groups in total. The summed E-state index contributed by atoms with van der Waals surface area (Å²) in [5, 5.41) is 3.33. The van der Waals surface area contributed by atoms with Crippen LogP contribution in [-0.2, 0) is 4.79 Å². The number of piperazine rings is 1. The van der Waals surface area contributed by atoms with Gasteiger partial charge in [0.25, 0.3) is 0 Å². The molecule has 2 aliphatic rings. The number of likely N-dealkylation sites (tertiary alicyclic amines) is 1. The average molecular weight is 327 g/mol. The normalized spacial score (nSPS) is 20.6. The topological polar surface area (TPSA) is 35.6 Å². The first-order valence-electron chi connectivity index (χ1n) is 9.16. The SMILES string of the molecule is Cc1cccc(/C=C/C2CCN(C(=O)CN3CCNCC3)CC2)c1. The second-order valence-corrected chi connectivity index (χ2v) is 7.02. The Bertz CT molecular complexity index is 570. The van der Waals surface area contributed by atoms with Gasteiger partial charge >= 0.3 is 0 Å². The molecule has 1 amide bonds. The van der Waals surface area contributed by atoms with Crippen molar-refractivity contribution in [1.29, 1.82) is 0 Å². The van der Waals surface area contributed by atoms with Crippen molar-refractivity contribution in [3.8, 4) is 0 Å². The third-order valence-corrected chi connectivity index (χ3v) is 5.06. The van der Waals surface area contributed by atoms with Crippen LogP contribution in [0.25, 0.3) is 6.08 Å². The zero-order valence-corrected chi connectivity index (χ0v) is 14.7. The molecule has 0 saturated carbocycles. The molecule has 2 heterocycles. The number of carbonyl (C=O) groups is 1. The van der Waals surface area contributed by atoms with E-state index >= 15 is 0 Å². The van der Waals surface area contributed by atoms with Crippen molar-refractivity contribution in [2.45, 2.75) is 19.8 Å². The monoisotopic (exact) mass is 327 g/mol. The number of benzene rings is 1. The van der Waals surface area contributed by atoms with E-state index in [1.807, 2.05) is 0 Å². The molecular weight excluding hydrogens is 298 g/mol. The molecule has 0 unspecified atom stereocenters. The van der Waals surface area contributed by atoms with Crippen LogP contribution < -0.4 is 5.32 Å². The van der Waals surface area contributed by atoms with Crippen LogP contribution in [0.15, 0.2) is 30.3 Å². The highest BCUT2D eigenvalue weighted by atomic mass is 16.2. The number of rotatable bonds is 4. The second-order valence-electron chi connectivity index (χ2n) is 7.02. The predicted molar refractivity (Wildman–Crippen MR) is 98.8 cm³/mol. The maximum atomic E-state index is 12.4. The molecule has 0 bridgehead atoms. The van der Waals surface area contributed by atoms with Gasteiger partial charge in [0.1, 0.15) is 0 Å². The van der Waals surface area contributed by atoms with E-state index in [4.69, 9.17) is 0 Å². The third-order valence-electron chi connectivity index (χ3n) is 5.06. The number of allylic oxidation sites excluding steroid dienone is 1. The predicted octanol–water partition coefficient (Wildman–Crippen LogP) is 2.15. The third kappa shape index (κ3) is 4.92. The molecule has 0 aliphatic carbocycles. The molecule has 3 rings (SSSR count). The Balaban J connectivity index is 1.44. The van der Waals surface area contributed by atoms with Gasteiger partial charge in [0.05, 0.1) is 6.54 Å². The molecule has 1 aromatic rings. The summed E-state index contributed by atoms with van der Waals surface area (Å²) >= 11 is 0. The van der Waals surface area contributed by atoms with Crippen molar-refractivity contribution in [1.82, 2.24) is 15.1 Å². The van der Waals surface area contributed by atoms with Gasteiger partial charge in [-0.2, -0.15) is 0 Å². The molecule has 4 nitrogen and oxygen atoms in total. The van der Waals surface area contributed by atoms with E-state index in [9.17, 15) is 4.79 Å². The second kappa shape index (κ2) is 8.45. The van der Waals surface area contributed by atoms with E-state index in [0.717, 1.165) is 52.1 Å². The van der Waals surface area contributed by atoms with E-state index in [1.165, 1.54) is 11.1 Å². The van der Waals surface area contributed by atoms with Gasteiger partial charge in [0.15, 0.2) is 0 Å². The minimum atomic E-state index is 0.304. The fourth-order valence-electron chi connectivity index (χ4n) is 3.52. The highest BCUT2D eigenvalue weighted by molar-refractivity contribution is 5.78. The first kappa shape index (κ1) is 17.2. The number of amides is 1. The standard InChI is InChI=1S/C20H29N3O/c1-17-3-2-4-19(15-17)6-5-18-7-11-23(12-8-18)20(24)16-22-13-9-21-10-14-22/h2-6,15,18,21H,7-14,16H2,1H3/b6-5+. The average Bonchev–Trinajstić information content (AvgIpc) is 2.61. The Morgan fingerprint density at radius 1 is 1.21 bits per heavy atom. The van der Waals surface area contributed by atoms with Crippen molar-refractivity contribution < 1.29 is 4.79 Å². The molecule has 24 heavy (non-hydrogen) atoms. The summed E-state index contributed by atoms with van der Waals surface area (Å²) in [7, 11) is 0. The van der Waals surface area contributed by atoms with Crippen molar-refractivity contribution in [2.24, 2.45) is 5.92 Å². The van der Waals surface area contributed by atoms with Gasteiger partial charge in [0.2, 0.25) is 5.91 Å². The lowest BCUT2D eigenvalue weighted by atomic mass is 9.95. The first-order chi connectivity index (χ1) is 11.7. The lowest BCUT2D eigenvalue weighted by molar-refractivity contribution is -0.133. The Kier molecular flexibility index (Phi) is 6.05. The number of carbonyl (C=O) groups excluding carboxylic acids is 1. The molecule has 2 fully saturated rings. The van der Waals surface area contributed by atoms with E-state index in [-0.39, 0.29) is 0 Å². The molecule has 0 radical (unpaired) electrons. The van der Waals surface area contributed by atoms with Crippen molar-refractivity contribution in [2.75, 3.05) is 45.8 Å². The molecule has 4 heteroatoms. The number of aryl methyl sites for hydroxylation is 1. The minimum absolute atomic E-state index is 0.304. The Hall–Kier alpha value is -1.65. The molecule has 130 valence electrons. The van der Waals surface area contributed by atoms with Crippen LogP contribution in [0.5, 0.6) is 0 Å². The van der Waals surface area contributed by atoms with Crippen LogP contribution in [0.1, 0.15) is 24.0 Å². The Morgan fingerprint density at radius 3 is 2.67 bits per heavy atom. The molecule has 0 spiro atoms. The summed E-state index contributed by atoms with van der Waals surface area (Å²) in [5.74, 6) is 0.895. The number of hydrogen-bond donors (Lipinski definition) is 1. The van der Waals surface area contributed by atoms with Crippen LogP contribution >= 0.6 is 0 Å². The van der Waals surface area contributed by atoms with Crippen molar-refractivity contribution in [3.05, 3.63) is 41.5 Å². The highest BCUT2D eigenvalue weighted by Gasteiger charge is 2.23. The summed E-state index contributed by atoms with van der Waals surface area (Å²) in [6, 6.07) is 8.59. The Morgan fingerprint density at radius 2 is 1.96 bits per heavy atom. The van der Waals surface area contributed by atoms with Crippen LogP contribution in [0.2, 0.25) is 0 Å². The molecular formula is C20H29N3O. The zero-order valence-electron chi connectivity index (χ0n) is 14.7. The summed E-state index contributed by atoms with van der Waals surface area (Å²) in [6.45, 7) is 8.48. The minimum Gasteiger partial charge on any atom is -0.342 e. The highest BCUT2D eigenvalue weighted by Crippen LogP contribution is 2.20. The maximum Gasteiger partial charge on any atom is 0.236 e.